The van der Waals surface area contributed by atoms with Gasteiger partial charge in [0, 0.05) is 13.0 Å². The van der Waals surface area contributed by atoms with Gasteiger partial charge in [-0.25, -0.2) is 8.42 Å². The Balaban J connectivity index is 1.60. The smallest absolute Gasteiger partial charge is 0.227 e. The molecule has 1 heterocycles. The van der Waals surface area contributed by atoms with Gasteiger partial charge in [-0.05, 0) is 30.7 Å². The van der Waals surface area contributed by atoms with E-state index in [0.717, 1.165) is 5.75 Å². The van der Waals surface area contributed by atoms with Crippen LogP contribution < -0.4 is 9.64 Å². The number of hydrogen-bond acceptors (Lipinski definition) is 4. The van der Waals surface area contributed by atoms with E-state index in [4.69, 9.17) is 4.74 Å². The van der Waals surface area contributed by atoms with Gasteiger partial charge in [-0.1, -0.05) is 30.3 Å². The summed E-state index contributed by atoms with van der Waals surface area (Å²) in [6, 6.07) is 16.1. The molecule has 5 nitrogen and oxygen atoms in total. The molecule has 2 aromatic rings. The third-order valence-corrected chi connectivity index (χ3v) is 5.66. The van der Waals surface area contributed by atoms with Crippen LogP contribution in [0.25, 0.3) is 0 Å². The van der Waals surface area contributed by atoms with Crippen LogP contribution in [0, 0.1) is 0 Å². The number of benzene rings is 2. The third-order valence-electron chi connectivity index (χ3n) is 3.92. The number of rotatable bonds is 5. The second-order valence-corrected chi connectivity index (χ2v) is 7.67. The number of para-hydroxylation sites is 2. The minimum atomic E-state index is -3.29. The van der Waals surface area contributed by atoms with Gasteiger partial charge in [0.05, 0.1) is 22.9 Å². The SMILES string of the molecule is O=C(CCCOc1ccccc1)N1CCS(=O)(=O)c2ccccc21. The van der Waals surface area contributed by atoms with E-state index in [-0.39, 0.29) is 23.1 Å². The van der Waals surface area contributed by atoms with Gasteiger partial charge in [-0.2, -0.15) is 0 Å². The molecule has 126 valence electrons. The molecule has 0 saturated carbocycles. The highest BCUT2D eigenvalue weighted by Gasteiger charge is 2.30. The summed E-state index contributed by atoms with van der Waals surface area (Å²) in [6.07, 6.45) is 0.903. The van der Waals surface area contributed by atoms with Crippen molar-refractivity contribution in [2.45, 2.75) is 17.7 Å². The summed E-state index contributed by atoms with van der Waals surface area (Å²) in [5.74, 6) is 0.671. The largest absolute Gasteiger partial charge is 0.494 e. The molecule has 0 saturated heterocycles. The minimum Gasteiger partial charge on any atom is -0.494 e. The molecular weight excluding hydrogens is 326 g/mol. The number of carbonyl (C=O) groups excluding carboxylic acids is 1. The first-order chi connectivity index (χ1) is 11.6. The second kappa shape index (κ2) is 7.05. The summed E-state index contributed by atoms with van der Waals surface area (Å²) in [6.45, 7) is 0.654. The van der Waals surface area contributed by atoms with E-state index >= 15 is 0 Å². The highest BCUT2D eigenvalue weighted by atomic mass is 32.2. The van der Waals surface area contributed by atoms with Gasteiger partial charge in [0.15, 0.2) is 9.84 Å². The zero-order valence-corrected chi connectivity index (χ0v) is 14.0. The second-order valence-electron chi connectivity index (χ2n) is 5.60. The van der Waals surface area contributed by atoms with Crippen LogP contribution >= 0.6 is 0 Å². The average Bonchev–Trinajstić information content (AvgIpc) is 2.60. The molecule has 0 N–H and O–H groups in total. The topological polar surface area (TPSA) is 63.7 Å². The summed E-state index contributed by atoms with van der Waals surface area (Å²) in [4.78, 5) is 14.3. The average molecular weight is 345 g/mol. The van der Waals surface area contributed by atoms with Gasteiger partial charge < -0.3 is 9.64 Å². The monoisotopic (exact) mass is 345 g/mol. The van der Waals surface area contributed by atoms with E-state index in [0.29, 0.717) is 25.1 Å². The fraction of sp³-hybridized carbons (Fsp3) is 0.278. The number of anilines is 1. The molecule has 0 atom stereocenters. The molecule has 24 heavy (non-hydrogen) atoms. The van der Waals surface area contributed by atoms with Crippen LogP contribution in [-0.2, 0) is 14.6 Å². The van der Waals surface area contributed by atoms with Crippen molar-refractivity contribution in [2.24, 2.45) is 0 Å². The van der Waals surface area contributed by atoms with Crippen molar-refractivity contribution in [1.29, 1.82) is 0 Å². The summed E-state index contributed by atoms with van der Waals surface area (Å²) in [5.41, 5.74) is 0.484. The van der Waals surface area contributed by atoms with Gasteiger partial charge in [0.2, 0.25) is 5.91 Å². The molecular formula is C18H19NO4S. The van der Waals surface area contributed by atoms with Gasteiger partial charge in [-0.15, -0.1) is 0 Å². The molecule has 3 rings (SSSR count). The predicted molar refractivity (Wildman–Crippen MR) is 92.0 cm³/mol. The minimum absolute atomic E-state index is 0.0315. The van der Waals surface area contributed by atoms with Gasteiger partial charge in [0.25, 0.3) is 0 Å². The Morgan fingerprint density at radius 1 is 1.04 bits per heavy atom. The highest BCUT2D eigenvalue weighted by molar-refractivity contribution is 7.91. The summed E-state index contributed by atoms with van der Waals surface area (Å²) < 4.78 is 29.8. The molecule has 0 radical (unpaired) electrons. The van der Waals surface area contributed by atoms with Crippen LogP contribution in [0.4, 0.5) is 5.69 Å². The maximum Gasteiger partial charge on any atom is 0.227 e. The van der Waals surface area contributed by atoms with Crippen LogP contribution in [0.2, 0.25) is 0 Å². The molecule has 1 aliphatic rings. The van der Waals surface area contributed by atoms with E-state index in [9.17, 15) is 13.2 Å². The quantitative estimate of drug-likeness (QED) is 0.782. The molecule has 0 spiro atoms. The molecule has 1 amide bonds. The number of ether oxygens (including phenoxy) is 1. The van der Waals surface area contributed by atoms with Crippen LogP contribution in [0.1, 0.15) is 12.8 Å². The number of sulfone groups is 1. The Bertz CT molecular complexity index is 818. The molecule has 0 unspecified atom stereocenters. The lowest BCUT2D eigenvalue weighted by molar-refractivity contribution is -0.118. The van der Waals surface area contributed by atoms with Gasteiger partial charge in [-0.3, -0.25) is 4.79 Å². The standard InChI is InChI=1S/C18H19NO4S/c20-18(11-6-13-23-15-7-2-1-3-8-15)19-12-14-24(21,22)17-10-5-4-9-16(17)19/h1-5,7-10H,6,11-14H2. The first kappa shape index (κ1) is 16.5. The fourth-order valence-corrected chi connectivity index (χ4v) is 4.13. The first-order valence-corrected chi connectivity index (χ1v) is 9.53. The summed E-state index contributed by atoms with van der Waals surface area (Å²) in [7, 11) is -3.29. The summed E-state index contributed by atoms with van der Waals surface area (Å²) in [5, 5.41) is 0. The zero-order valence-electron chi connectivity index (χ0n) is 13.2. The van der Waals surface area contributed by atoms with E-state index in [2.05, 4.69) is 0 Å². The van der Waals surface area contributed by atoms with Crippen LogP contribution in [0.3, 0.4) is 0 Å². The van der Waals surface area contributed by atoms with E-state index in [1.807, 2.05) is 30.3 Å². The van der Waals surface area contributed by atoms with Crippen molar-refractivity contribution in [3.05, 3.63) is 54.6 Å². The Hall–Kier alpha value is -2.34. The molecule has 0 aromatic heterocycles. The third kappa shape index (κ3) is 3.59. The number of amides is 1. The van der Waals surface area contributed by atoms with Crippen molar-refractivity contribution < 1.29 is 17.9 Å². The predicted octanol–water partition coefficient (Wildman–Crippen LogP) is 2.67. The Kier molecular flexibility index (Phi) is 4.85. The molecule has 6 heteroatoms. The lowest BCUT2D eigenvalue weighted by Gasteiger charge is -2.29. The van der Waals surface area contributed by atoms with E-state index in [1.165, 1.54) is 0 Å². The number of carbonyl (C=O) groups is 1. The normalized spacial score (nSPS) is 15.6. The van der Waals surface area contributed by atoms with Crippen molar-refractivity contribution in [1.82, 2.24) is 0 Å². The molecule has 0 bridgehead atoms. The Morgan fingerprint density at radius 3 is 2.54 bits per heavy atom. The van der Waals surface area contributed by atoms with Crippen molar-refractivity contribution in [3.63, 3.8) is 0 Å². The maximum absolute atomic E-state index is 12.5. The molecule has 0 aliphatic carbocycles. The fourth-order valence-electron chi connectivity index (χ4n) is 2.71. The maximum atomic E-state index is 12.5. The van der Waals surface area contributed by atoms with Crippen molar-refractivity contribution in [3.8, 4) is 5.75 Å². The Labute approximate surface area is 141 Å². The highest BCUT2D eigenvalue weighted by Crippen LogP contribution is 2.30. The van der Waals surface area contributed by atoms with Gasteiger partial charge in [0.1, 0.15) is 5.75 Å². The van der Waals surface area contributed by atoms with Crippen LogP contribution in [0.5, 0.6) is 5.75 Å². The number of fused-ring (bicyclic) bond motifs is 1. The lowest BCUT2D eigenvalue weighted by Crippen LogP contribution is -2.39. The van der Waals surface area contributed by atoms with Crippen LogP contribution in [-0.4, -0.2) is 33.2 Å². The Morgan fingerprint density at radius 2 is 1.75 bits per heavy atom. The molecule has 2 aromatic carbocycles. The van der Waals surface area contributed by atoms with Crippen LogP contribution in [0.15, 0.2) is 59.5 Å². The summed E-state index contributed by atoms with van der Waals surface area (Å²) >= 11 is 0. The molecule has 0 fully saturated rings. The zero-order chi connectivity index (χ0) is 17.0. The lowest BCUT2D eigenvalue weighted by atomic mass is 10.2. The number of nitrogens with zero attached hydrogens (tertiary/aromatic N) is 1. The van der Waals surface area contributed by atoms with E-state index < -0.39 is 9.84 Å². The van der Waals surface area contributed by atoms with Crippen molar-refractivity contribution >= 4 is 21.4 Å². The van der Waals surface area contributed by atoms with Gasteiger partial charge >= 0.3 is 0 Å². The number of hydrogen-bond donors (Lipinski definition) is 0. The first-order valence-electron chi connectivity index (χ1n) is 7.88. The van der Waals surface area contributed by atoms with Crippen molar-refractivity contribution in [2.75, 3.05) is 23.8 Å². The molecule has 1 aliphatic heterocycles. The van der Waals surface area contributed by atoms with E-state index in [1.54, 1.807) is 29.2 Å².